The van der Waals surface area contributed by atoms with E-state index in [1.165, 1.54) is 10.9 Å². The molecule has 0 spiro atoms. The second kappa shape index (κ2) is 11.0. The zero-order valence-corrected chi connectivity index (χ0v) is 19.6. The lowest BCUT2D eigenvalue weighted by Gasteiger charge is -2.35. The fourth-order valence-corrected chi connectivity index (χ4v) is 4.70. The number of rotatable bonds is 7. The van der Waals surface area contributed by atoms with Crippen molar-refractivity contribution >= 4 is 34.7 Å². The number of amides is 3. The number of carbonyl (C=O) groups excluding carboxylic acids is 3. The van der Waals surface area contributed by atoms with Crippen molar-refractivity contribution in [1.29, 1.82) is 0 Å². The molecule has 0 saturated carbocycles. The first kappa shape index (κ1) is 23.5. The van der Waals surface area contributed by atoms with E-state index in [0.29, 0.717) is 43.9 Å². The largest absolute Gasteiger partial charge is 0.507 e. The molecule has 0 aliphatic carbocycles. The van der Waals surface area contributed by atoms with Crippen molar-refractivity contribution in [3.63, 3.8) is 0 Å². The fraction of sp³-hybridized carbons (Fsp3) is 0.269. The summed E-state index contributed by atoms with van der Waals surface area (Å²) in [6.07, 6.45) is 2.07. The third-order valence-corrected chi connectivity index (χ3v) is 6.73. The second-order valence-electron chi connectivity index (χ2n) is 8.16. The Morgan fingerprint density at radius 3 is 2.32 bits per heavy atom. The first-order valence-electron chi connectivity index (χ1n) is 11.3. The van der Waals surface area contributed by atoms with Crippen molar-refractivity contribution in [3.8, 4) is 5.75 Å². The highest BCUT2D eigenvalue weighted by Gasteiger charge is 2.26. The van der Waals surface area contributed by atoms with Crippen LogP contribution in [-0.2, 0) is 11.2 Å². The van der Waals surface area contributed by atoms with Crippen molar-refractivity contribution in [2.75, 3.05) is 31.5 Å². The van der Waals surface area contributed by atoms with Crippen LogP contribution in [0.3, 0.4) is 0 Å². The lowest BCUT2D eigenvalue weighted by atomic mass is 10.1. The van der Waals surface area contributed by atoms with Crippen LogP contribution in [0.1, 0.15) is 38.4 Å². The highest BCUT2D eigenvalue weighted by Crippen LogP contribution is 2.20. The Balaban J connectivity index is 1.29. The molecule has 34 heavy (non-hydrogen) atoms. The SMILES string of the molecule is O=C(CCCc1cccs1)Nc1cccc(C(=O)N2CCN(C(=O)c3ccccc3O)CC2)c1. The molecule has 2 heterocycles. The van der Waals surface area contributed by atoms with Gasteiger partial charge < -0.3 is 20.2 Å². The third-order valence-electron chi connectivity index (χ3n) is 5.79. The molecule has 3 aromatic rings. The molecule has 8 heteroatoms. The molecule has 2 N–H and O–H groups in total. The standard InChI is InChI=1S/C26H27N3O4S/c30-23-11-2-1-10-22(23)26(33)29-15-13-28(14-16-29)25(32)19-6-3-7-20(18-19)27-24(31)12-4-8-21-9-5-17-34-21/h1-3,5-7,9-11,17-18,30H,4,8,12-16H2,(H,27,31). The van der Waals surface area contributed by atoms with Gasteiger partial charge in [-0.3, -0.25) is 14.4 Å². The van der Waals surface area contributed by atoms with Crippen molar-refractivity contribution in [1.82, 2.24) is 9.80 Å². The Morgan fingerprint density at radius 2 is 1.62 bits per heavy atom. The van der Waals surface area contributed by atoms with E-state index in [1.54, 1.807) is 63.6 Å². The maximum atomic E-state index is 13.0. The Bertz CT molecular complexity index is 1150. The van der Waals surface area contributed by atoms with E-state index in [2.05, 4.69) is 11.4 Å². The summed E-state index contributed by atoms with van der Waals surface area (Å²) in [6.45, 7) is 1.58. The molecular weight excluding hydrogens is 450 g/mol. The number of nitrogens with zero attached hydrogens (tertiary/aromatic N) is 2. The molecule has 0 bridgehead atoms. The van der Waals surface area contributed by atoms with Gasteiger partial charge in [0.1, 0.15) is 5.75 Å². The molecule has 7 nitrogen and oxygen atoms in total. The Labute approximate surface area is 202 Å². The molecule has 3 amide bonds. The predicted octanol–water partition coefficient (Wildman–Crippen LogP) is 4.01. The van der Waals surface area contributed by atoms with Crippen LogP contribution in [0.15, 0.2) is 66.0 Å². The number of anilines is 1. The minimum absolute atomic E-state index is 0.0450. The van der Waals surface area contributed by atoms with Crippen LogP contribution in [0.5, 0.6) is 5.75 Å². The van der Waals surface area contributed by atoms with Gasteiger partial charge in [0.05, 0.1) is 5.56 Å². The van der Waals surface area contributed by atoms with Gasteiger partial charge in [0.15, 0.2) is 0 Å². The van der Waals surface area contributed by atoms with Crippen LogP contribution in [0.2, 0.25) is 0 Å². The number of hydrogen-bond donors (Lipinski definition) is 2. The van der Waals surface area contributed by atoms with Gasteiger partial charge in [-0.25, -0.2) is 0 Å². The summed E-state index contributed by atoms with van der Waals surface area (Å²) >= 11 is 1.69. The van der Waals surface area contributed by atoms with E-state index in [4.69, 9.17) is 0 Å². The number of hydrogen-bond acceptors (Lipinski definition) is 5. The van der Waals surface area contributed by atoms with Crippen molar-refractivity contribution in [2.24, 2.45) is 0 Å². The van der Waals surface area contributed by atoms with Gasteiger partial charge in [0.25, 0.3) is 11.8 Å². The summed E-state index contributed by atoms with van der Waals surface area (Å²) in [7, 11) is 0. The summed E-state index contributed by atoms with van der Waals surface area (Å²) in [4.78, 5) is 42.6. The zero-order valence-electron chi connectivity index (χ0n) is 18.8. The highest BCUT2D eigenvalue weighted by atomic mass is 32.1. The molecule has 4 rings (SSSR count). The van der Waals surface area contributed by atoms with Gasteiger partial charge in [-0.05, 0) is 54.6 Å². The molecule has 1 saturated heterocycles. The summed E-state index contributed by atoms with van der Waals surface area (Å²) in [5.74, 6) is -0.494. The number of nitrogens with one attached hydrogen (secondary N) is 1. The van der Waals surface area contributed by atoms with E-state index in [1.807, 2.05) is 11.4 Å². The molecule has 1 fully saturated rings. The smallest absolute Gasteiger partial charge is 0.257 e. The molecular formula is C26H27N3O4S. The average Bonchev–Trinajstić information content (AvgIpc) is 3.37. The van der Waals surface area contributed by atoms with Gasteiger partial charge >= 0.3 is 0 Å². The number of aryl methyl sites for hydroxylation is 1. The average molecular weight is 478 g/mol. The number of carbonyl (C=O) groups is 3. The van der Waals surface area contributed by atoms with E-state index < -0.39 is 0 Å². The van der Waals surface area contributed by atoms with Crippen LogP contribution in [0.4, 0.5) is 5.69 Å². The van der Waals surface area contributed by atoms with Gasteiger partial charge in [-0.15, -0.1) is 11.3 Å². The van der Waals surface area contributed by atoms with Crippen molar-refractivity contribution in [2.45, 2.75) is 19.3 Å². The number of thiophene rings is 1. The van der Waals surface area contributed by atoms with E-state index in [-0.39, 0.29) is 29.0 Å². The number of para-hydroxylation sites is 1. The van der Waals surface area contributed by atoms with Crippen LogP contribution in [0.25, 0.3) is 0 Å². The van der Waals surface area contributed by atoms with Gasteiger partial charge in [0, 0.05) is 48.7 Å². The molecule has 1 aromatic heterocycles. The Hall–Kier alpha value is -3.65. The quantitative estimate of drug-likeness (QED) is 0.538. The number of aromatic hydroxyl groups is 1. The summed E-state index contributed by atoms with van der Waals surface area (Å²) in [5.41, 5.74) is 1.36. The van der Waals surface area contributed by atoms with Crippen molar-refractivity contribution in [3.05, 3.63) is 82.0 Å². The van der Waals surface area contributed by atoms with Crippen LogP contribution >= 0.6 is 11.3 Å². The van der Waals surface area contributed by atoms with Gasteiger partial charge in [-0.2, -0.15) is 0 Å². The van der Waals surface area contributed by atoms with Crippen molar-refractivity contribution < 1.29 is 19.5 Å². The van der Waals surface area contributed by atoms with E-state index in [9.17, 15) is 19.5 Å². The monoisotopic (exact) mass is 477 g/mol. The fourth-order valence-electron chi connectivity index (χ4n) is 3.95. The molecule has 0 radical (unpaired) electrons. The van der Waals surface area contributed by atoms with Gasteiger partial charge in [0.2, 0.25) is 5.91 Å². The molecule has 2 aromatic carbocycles. The summed E-state index contributed by atoms with van der Waals surface area (Å²) in [5, 5.41) is 14.9. The summed E-state index contributed by atoms with van der Waals surface area (Å²) in [6, 6.07) is 17.5. The minimum atomic E-state index is -0.242. The molecule has 1 aliphatic rings. The molecule has 176 valence electrons. The molecule has 0 unspecified atom stereocenters. The minimum Gasteiger partial charge on any atom is -0.507 e. The molecule has 1 aliphatic heterocycles. The normalized spacial score (nSPS) is 13.5. The Kier molecular flexibility index (Phi) is 7.59. The third kappa shape index (κ3) is 5.82. The topological polar surface area (TPSA) is 90.0 Å². The highest BCUT2D eigenvalue weighted by molar-refractivity contribution is 7.09. The number of phenolic OH excluding ortho intramolecular Hbond substituents is 1. The van der Waals surface area contributed by atoms with Gasteiger partial charge in [-0.1, -0.05) is 24.3 Å². The van der Waals surface area contributed by atoms with Crippen LogP contribution in [-0.4, -0.2) is 58.8 Å². The zero-order chi connectivity index (χ0) is 23.9. The maximum absolute atomic E-state index is 13.0. The summed E-state index contributed by atoms with van der Waals surface area (Å²) < 4.78 is 0. The second-order valence-corrected chi connectivity index (χ2v) is 9.20. The van der Waals surface area contributed by atoms with E-state index >= 15 is 0 Å². The molecule has 0 atom stereocenters. The van der Waals surface area contributed by atoms with E-state index in [0.717, 1.165) is 12.8 Å². The number of piperazine rings is 1. The maximum Gasteiger partial charge on any atom is 0.257 e. The first-order valence-corrected chi connectivity index (χ1v) is 12.2. The Morgan fingerprint density at radius 1 is 0.882 bits per heavy atom. The van der Waals surface area contributed by atoms with Crippen LogP contribution < -0.4 is 5.32 Å². The number of benzene rings is 2. The predicted molar refractivity (Wildman–Crippen MR) is 132 cm³/mol. The lowest BCUT2D eigenvalue weighted by Crippen LogP contribution is -2.50. The first-order chi connectivity index (χ1) is 16.5. The van der Waals surface area contributed by atoms with Crippen LogP contribution in [0, 0.1) is 0 Å². The number of phenols is 1. The lowest BCUT2D eigenvalue weighted by molar-refractivity contribution is -0.116.